The van der Waals surface area contributed by atoms with E-state index in [1.807, 2.05) is 32.0 Å². The van der Waals surface area contributed by atoms with Crippen molar-refractivity contribution in [3.05, 3.63) is 106 Å². The van der Waals surface area contributed by atoms with Crippen LogP contribution in [0, 0.1) is 17.2 Å². The number of piperazine rings is 1. The molecule has 5 aliphatic rings. The fourth-order valence-corrected chi connectivity index (χ4v) is 9.20. The smallest absolute Gasteiger partial charge is 0.262 e. The number of halogens is 1. The van der Waals surface area contributed by atoms with E-state index in [0.29, 0.717) is 33.3 Å². The predicted molar refractivity (Wildman–Crippen MR) is 220 cm³/mol. The topological polar surface area (TPSA) is 137 Å². The molecule has 3 fully saturated rings. The molecule has 4 aromatic rings. The van der Waals surface area contributed by atoms with Gasteiger partial charge in [-0.1, -0.05) is 29.8 Å². The fourth-order valence-electron chi connectivity index (χ4n) is 8.98. The Bertz CT molecular complexity index is 2450. The summed E-state index contributed by atoms with van der Waals surface area (Å²) < 4.78 is 0. The van der Waals surface area contributed by atoms with Crippen LogP contribution in [0.2, 0.25) is 5.02 Å². The van der Waals surface area contributed by atoms with E-state index >= 15 is 0 Å². The number of carbonyl (C=O) groups excluding carboxylic acids is 5. The Balaban J connectivity index is 0.763. The number of imide groups is 2. The Morgan fingerprint density at radius 3 is 2.17 bits per heavy atom. The second-order valence-electron chi connectivity index (χ2n) is 16.4. The van der Waals surface area contributed by atoms with Crippen LogP contribution >= 0.6 is 11.6 Å². The van der Waals surface area contributed by atoms with Crippen molar-refractivity contribution < 1.29 is 24.0 Å². The molecule has 1 N–H and O–H groups in total. The zero-order chi connectivity index (χ0) is 40.5. The number of hydrogen-bond donors (Lipinski definition) is 1. The molecule has 1 unspecified atom stereocenters. The summed E-state index contributed by atoms with van der Waals surface area (Å²) in [6, 6.07) is 26.3. The fraction of sp³-hybridized carbons (Fsp3) is 0.333. The number of hydrogen-bond acceptors (Lipinski definition) is 9. The number of anilines is 4. The molecule has 9 rings (SSSR count). The van der Waals surface area contributed by atoms with Crippen LogP contribution in [0.1, 0.15) is 65.0 Å². The minimum Gasteiger partial charge on any atom is -0.371 e. The summed E-state index contributed by atoms with van der Waals surface area (Å²) in [4.78, 5) is 74.0. The van der Waals surface area contributed by atoms with Gasteiger partial charge in [-0.15, -0.1) is 0 Å². The van der Waals surface area contributed by atoms with Gasteiger partial charge >= 0.3 is 0 Å². The molecular weight excluding hydrogens is 754 g/mol. The van der Waals surface area contributed by atoms with E-state index in [1.165, 1.54) is 5.69 Å². The first-order chi connectivity index (χ1) is 27.9. The van der Waals surface area contributed by atoms with Gasteiger partial charge in [0, 0.05) is 57.1 Å². The number of nitriles is 1. The van der Waals surface area contributed by atoms with E-state index in [2.05, 4.69) is 56.4 Å². The Morgan fingerprint density at radius 2 is 1.47 bits per heavy atom. The highest BCUT2D eigenvalue weighted by Gasteiger charge is 2.46. The Kier molecular flexibility index (Phi) is 9.33. The van der Waals surface area contributed by atoms with Crippen LogP contribution in [0.25, 0.3) is 11.1 Å². The van der Waals surface area contributed by atoms with Crippen molar-refractivity contribution in [1.82, 2.24) is 15.1 Å². The Morgan fingerprint density at radius 1 is 0.776 bits per heavy atom. The SMILES string of the molecule is CC1(C)C(=O)N(c2ccc(C#N)c(Cl)c2)c2ccc(-c3ccc(N4CC(CCN5CCN(c6ccc7c(c6)C(=O)N(C6CCC(=O)NC6=O)C7=O)CC5)C4)cc3)cc21. The predicted octanol–water partition coefficient (Wildman–Crippen LogP) is 5.88. The molecule has 0 aromatic heterocycles. The minimum absolute atomic E-state index is 0.0403. The molecule has 5 amide bonds. The number of fused-ring (bicyclic) bond motifs is 2. The number of benzene rings is 4. The van der Waals surface area contributed by atoms with Crippen molar-refractivity contribution in [3.63, 3.8) is 0 Å². The first kappa shape index (κ1) is 37.5. The molecule has 0 spiro atoms. The maximum Gasteiger partial charge on any atom is 0.262 e. The molecular formula is C45H42ClN7O5. The quantitative estimate of drug-likeness (QED) is 0.217. The summed E-state index contributed by atoms with van der Waals surface area (Å²) in [7, 11) is 0. The third-order valence-corrected chi connectivity index (χ3v) is 12.8. The molecule has 5 aliphatic heterocycles. The van der Waals surface area contributed by atoms with Crippen molar-refractivity contribution >= 4 is 63.9 Å². The summed E-state index contributed by atoms with van der Waals surface area (Å²) in [6.07, 6.45) is 1.35. The largest absolute Gasteiger partial charge is 0.371 e. The maximum absolute atomic E-state index is 13.7. The van der Waals surface area contributed by atoms with Crippen LogP contribution in [0.15, 0.2) is 78.9 Å². The molecule has 294 valence electrons. The lowest BCUT2D eigenvalue weighted by molar-refractivity contribution is -0.136. The minimum atomic E-state index is -0.970. The molecule has 3 saturated heterocycles. The number of nitrogens with one attached hydrogen (secondary N) is 1. The van der Waals surface area contributed by atoms with E-state index in [9.17, 15) is 29.2 Å². The van der Waals surface area contributed by atoms with Crippen LogP contribution in [-0.2, 0) is 19.8 Å². The standard InChI is InChI=1S/C45H42ClN7O5/c1-45(2)36-21-29(6-12-38(36)52(44(45)58)33-9-5-30(24-47)37(46)23-33)28-3-7-31(8-4-28)51-25-27(26-51)15-16-49-17-19-50(20-18-49)32-10-11-34-35(22-32)43(57)53(42(34)56)39-13-14-40(54)48-41(39)55/h3-12,21-23,27,39H,13-20,25-26H2,1-2H3,(H,48,54,55). The van der Waals surface area contributed by atoms with Gasteiger partial charge in [0.2, 0.25) is 17.7 Å². The van der Waals surface area contributed by atoms with Gasteiger partial charge in [-0.05, 0) is 117 Å². The summed E-state index contributed by atoms with van der Waals surface area (Å²) in [6.45, 7) is 10.4. The normalized spacial score (nSPS) is 20.6. The summed E-state index contributed by atoms with van der Waals surface area (Å²) >= 11 is 6.33. The molecule has 13 heteroatoms. The highest BCUT2D eigenvalue weighted by Crippen LogP contribution is 2.47. The average molecular weight is 796 g/mol. The van der Waals surface area contributed by atoms with E-state index in [0.717, 1.165) is 85.2 Å². The van der Waals surface area contributed by atoms with Gasteiger partial charge in [0.05, 0.1) is 38.5 Å². The highest BCUT2D eigenvalue weighted by atomic mass is 35.5. The van der Waals surface area contributed by atoms with Crippen molar-refractivity contribution in [3.8, 4) is 17.2 Å². The van der Waals surface area contributed by atoms with E-state index < -0.39 is 35.1 Å². The van der Waals surface area contributed by atoms with Gasteiger partial charge < -0.3 is 9.80 Å². The number of amides is 5. The van der Waals surface area contributed by atoms with Gasteiger partial charge in [-0.3, -0.25) is 44.0 Å². The molecule has 0 bridgehead atoms. The lowest BCUT2D eigenvalue weighted by atomic mass is 9.84. The van der Waals surface area contributed by atoms with Gasteiger partial charge in [0.15, 0.2) is 0 Å². The highest BCUT2D eigenvalue weighted by molar-refractivity contribution is 6.32. The second-order valence-corrected chi connectivity index (χ2v) is 16.8. The van der Waals surface area contributed by atoms with Crippen molar-refractivity contribution in [1.29, 1.82) is 5.26 Å². The molecule has 0 radical (unpaired) electrons. The third kappa shape index (κ3) is 6.39. The van der Waals surface area contributed by atoms with Crippen LogP contribution in [0.4, 0.5) is 22.7 Å². The van der Waals surface area contributed by atoms with Crippen LogP contribution < -0.4 is 20.0 Å². The lowest BCUT2D eigenvalue weighted by Gasteiger charge is -2.43. The molecule has 12 nitrogen and oxygen atoms in total. The summed E-state index contributed by atoms with van der Waals surface area (Å²) in [5, 5.41) is 11.9. The van der Waals surface area contributed by atoms with E-state index in [-0.39, 0.29) is 18.7 Å². The van der Waals surface area contributed by atoms with Crippen LogP contribution in [0.5, 0.6) is 0 Å². The van der Waals surface area contributed by atoms with Crippen molar-refractivity contribution in [2.24, 2.45) is 5.92 Å². The lowest BCUT2D eigenvalue weighted by Crippen LogP contribution is -2.54. The number of piperidine rings is 1. The monoisotopic (exact) mass is 795 g/mol. The summed E-state index contributed by atoms with van der Waals surface area (Å²) in [5.41, 5.74) is 6.87. The molecule has 5 heterocycles. The molecule has 4 aromatic carbocycles. The zero-order valence-corrected chi connectivity index (χ0v) is 33.1. The van der Waals surface area contributed by atoms with E-state index in [1.54, 1.807) is 35.2 Å². The first-order valence-electron chi connectivity index (χ1n) is 19.8. The third-order valence-electron chi connectivity index (χ3n) is 12.5. The molecule has 1 atom stereocenters. The van der Waals surface area contributed by atoms with Gasteiger partial charge in [0.25, 0.3) is 11.8 Å². The zero-order valence-electron chi connectivity index (χ0n) is 32.3. The maximum atomic E-state index is 13.7. The average Bonchev–Trinajstić information content (AvgIpc) is 3.57. The van der Waals surface area contributed by atoms with Crippen molar-refractivity contribution in [2.45, 2.75) is 44.6 Å². The molecule has 0 saturated carbocycles. The van der Waals surface area contributed by atoms with E-state index in [4.69, 9.17) is 11.6 Å². The second kappa shape index (κ2) is 14.4. The molecule has 0 aliphatic carbocycles. The number of carbonyl (C=O) groups is 5. The first-order valence-corrected chi connectivity index (χ1v) is 20.2. The Hall–Kier alpha value is -6.03. The van der Waals surface area contributed by atoms with Crippen LogP contribution in [0.3, 0.4) is 0 Å². The molecule has 58 heavy (non-hydrogen) atoms. The van der Waals surface area contributed by atoms with Crippen LogP contribution in [-0.4, -0.2) is 91.2 Å². The van der Waals surface area contributed by atoms with Gasteiger partial charge in [-0.25, -0.2) is 0 Å². The Labute approximate surface area is 341 Å². The summed E-state index contributed by atoms with van der Waals surface area (Å²) in [5.74, 6) is -1.39. The van der Waals surface area contributed by atoms with Crippen molar-refractivity contribution in [2.75, 3.05) is 60.5 Å². The number of rotatable bonds is 8. The van der Waals surface area contributed by atoms with Gasteiger partial charge in [0.1, 0.15) is 12.1 Å². The van der Waals surface area contributed by atoms with Gasteiger partial charge in [-0.2, -0.15) is 5.26 Å². The number of nitrogens with zero attached hydrogens (tertiary/aromatic N) is 6.